The molecule has 1 nitrogen and oxygen atoms in total. The molecule has 0 spiro atoms. The topological polar surface area (TPSA) is 12.0 Å². The molecule has 1 rings (SSSR count). The van der Waals surface area contributed by atoms with Gasteiger partial charge in [-0.05, 0) is 24.5 Å². The molecule has 16 heavy (non-hydrogen) atoms. The highest BCUT2D eigenvalue weighted by atomic mass is 79.9. The van der Waals surface area contributed by atoms with E-state index in [4.69, 9.17) is 11.6 Å². The second-order valence-corrected chi connectivity index (χ2v) is 4.85. The Bertz CT molecular complexity index is 333. The van der Waals surface area contributed by atoms with Gasteiger partial charge in [-0.25, -0.2) is 4.39 Å². The third-order valence-electron chi connectivity index (χ3n) is 2.56. The van der Waals surface area contributed by atoms with Crippen molar-refractivity contribution in [2.24, 2.45) is 0 Å². The summed E-state index contributed by atoms with van der Waals surface area (Å²) in [7, 11) is 0. The Labute approximate surface area is 110 Å². The van der Waals surface area contributed by atoms with Gasteiger partial charge in [0.1, 0.15) is 5.82 Å². The van der Waals surface area contributed by atoms with Crippen molar-refractivity contribution in [1.82, 2.24) is 5.32 Å². The van der Waals surface area contributed by atoms with Crippen molar-refractivity contribution in [2.45, 2.75) is 32.4 Å². The Balaban J connectivity index is 2.56. The van der Waals surface area contributed by atoms with Crippen LogP contribution in [0.15, 0.2) is 18.2 Å². The first-order chi connectivity index (χ1) is 7.69. The molecule has 0 bridgehead atoms. The molecule has 0 fully saturated rings. The number of nitrogens with one attached hydrogen (secondary N) is 1. The van der Waals surface area contributed by atoms with Crippen molar-refractivity contribution in [3.05, 3.63) is 34.6 Å². The predicted octanol–water partition coefficient (Wildman–Crippen LogP) is 4.13. The van der Waals surface area contributed by atoms with Gasteiger partial charge in [-0.2, -0.15) is 0 Å². The first kappa shape index (κ1) is 13.9. The number of rotatable bonds is 6. The van der Waals surface area contributed by atoms with Gasteiger partial charge >= 0.3 is 0 Å². The lowest BCUT2D eigenvalue weighted by molar-refractivity contribution is 0.487. The molecule has 1 N–H and O–H groups in total. The summed E-state index contributed by atoms with van der Waals surface area (Å²) in [5.74, 6) is -0.352. The summed E-state index contributed by atoms with van der Waals surface area (Å²) in [5, 5.41) is 4.57. The van der Waals surface area contributed by atoms with E-state index in [0.717, 1.165) is 23.7 Å². The van der Waals surface area contributed by atoms with Crippen molar-refractivity contribution < 1.29 is 4.39 Å². The lowest BCUT2D eigenvalue weighted by Crippen LogP contribution is -2.28. The van der Waals surface area contributed by atoms with E-state index in [1.165, 1.54) is 6.07 Å². The van der Waals surface area contributed by atoms with Gasteiger partial charge in [-0.1, -0.05) is 46.6 Å². The van der Waals surface area contributed by atoms with Crippen molar-refractivity contribution in [3.8, 4) is 0 Å². The molecule has 0 aliphatic carbocycles. The Morgan fingerprint density at radius 3 is 2.88 bits per heavy atom. The molecule has 1 unspecified atom stereocenters. The number of halogens is 3. The van der Waals surface area contributed by atoms with Crippen molar-refractivity contribution in [3.63, 3.8) is 0 Å². The highest BCUT2D eigenvalue weighted by Crippen LogP contribution is 2.19. The molecule has 90 valence electrons. The van der Waals surface area contributed by atoms with Crippen molar-refractivity contribution in [1.29, 1.82) is 0 Å². The van der Waals surface area contributed by atoms with Crippen LogP contribution in [0.5, 0.6) is 0 Å². The van der Waals surface area contributed by atoms with Gasteiger partial charge in [-0.15, -0.1) is 0 Å². The molecule has 0 radical (unpaired) electrons. The van der Waals surface area contributed by atoms with Crippen LogP contribution in [-0.2, 0) is 6.54 Å². The van der Waals surface area contributed by atoms with Crippen LogP contribution in [0, 0.1) is 5.82 Å². The van der Waals surface area contributed by atoms with Crippen LogP contribution in [0.4, 0.5) is 4.39 Å². The Morgan fingerprint density at radius 2 is 2.25 bits per heavy atom. The SMILES string of the molecule is CCC(CCBr)NCc1cccc(F)c1Cl. The average Bonchev–Trinajstić information content (AvgIpc) is 2.29. The molecule has 1 atom stereocenters. The maximum absolute atomic E-state index is 13.2. The van der Waals surface area contributed by atoms with Crippen LogP contribution < -0.4 is 5.32 Å². The number of hydrogen-bond acceptors (Lipinski definition) is 1. The molecule has 0 aliphatic rings. The number of benzene rings is 1. The van der Waals surface area contributed by atoms with Crippen LogP contribution >= 0.6 is 27.5 Å². The molecule has 0 aromatic heterocycles. The predicted molar refractivity (Wildman–Crippen MR) is 70.7 cm³/mol. The van der Waals surface area contributed by atoms with E-state index in [1.54, 1.807) is 6.07 Å². The summed E-state index contributed by atoms with van der Waals surface area (Å²) in [6.45, 7) is 2.75. The smallest absolute Gasteiger partial charge is 0.142 e. The maximum Gasteiger partial charge on any atom is 0.142 e. The Hall–Kier alpha value is -0.120. The van der Waals surface area contributed by atoms with Crippen LogP contribution in [0.3, 0.4) is 0 Å². The fraction of sp³-hybridized carbons (Fsp3) is 0.500. The molecule has 0 saturated heterocycles. The highest BCUT2D eigenvalue weighted by molar-refractivity contribution is 9.09. The number of hydrogen-bond donors (Lipinski definition) is 1. The van der Waals surface area contributed by atoms with E-state index in [2.05, 4.69) is 28.2 Å². The van der Waals surface area contributed by atoms with Crippen LogP contribution in [0.1, 0.15) is 25.3 Å². The molecule has 1 aromatic rings. The summed E-state index contributed by atoms with van der Waals surface area (Å²) in [5.41, 5.74) is 0.815. The van der Waals surface area contributed by atoms with Gasteiger partial charge in [0, 0.05) is 17.9 Å². The molecule has 0 saturated carbocycles. The zero-order valence-electron chi connectivity index (χ0n) is 9.27. The van der Waals surface area contributed by atoms with Crippen molar-refractivity contribution >= 4 is 27.5 Å². The monoisotopic (exact) mass is 307 g/mol. The lowest BCUT2D eigenvalue weighted by Gasteiger charge is -2.16. The minimum atomic E-state index is -0.352. The molecule has 4 heteroatoms. The van der Waals surface area contributed by atoms with Gasteiger partial charge in [0.15, 0.2) is 0 Å². The van der Waals surface area contributed by atoms with E-state index in [9.17, 15) is 4.39 Å². The molecule has 0 aliphatic heterocycles. The van der Waals surface area contributed by atoms with E-state index in [1.807, 2.05) is 6.07 Å². The Morgan fingerprint density at radius 1 is 1.50 bits per heavy atom. The molecular formula is C12H16BrClFN. The summed E-state index contributed by atoms with van der Waals surface area (Å²) in [6.07, 6.45) is 2.11. The standard InChI is InChI=1S/C12H16BrClFN/c1-2-10(6-7-13)16-8-9-4-3-5-11(15)12(9)14/h3-5,10,16H,2,6-8H2,1H3. The Kier molecular flexibility index (Phi) is 6.32. The minimum Gasteiger partial charge on any atom is -0.310 e. The average molecular weight is 309 g/mol. The number of alkyl halides is 1. The first-order valence-corrected chi connectivity index (χ1v) is 6.91. The molecular weight excluding hydrogens is 292 g/mol. The third kappa shape index (κ3) is 4.04. The largest absolute Gasteiger partial charge is 0.310 e. The normalized spacial score (nSPS) is 12.8. The zero-order chi connectivity index (χ0) is 12.0. The van der Waals surface area contributed by atoms with Gasteiger partial charge in [0.2, 0.25) is 0 Å². The van der Waals surface area contributed by atoms with E-state index in [-0.39, 0.29) is 10.8 Å². The van der Waals surface area contributed by atoms with Crippen LogP contribution in [0.25, 0.3) is 0 Å². The van der Waals surface area contributed by atoms with E-state index >= 15 is 0 Å². The van der Waals surface area contributed by atoms with E-state index < -0.39 is 0 Å². The van der Waals surface area contributed by atoms with Crippen LogP contribution in [-0.4, -0.2) is 11.4 Å². The van der Waals surface area contributed by atoms with Crippen molar-refractivity contribution in [2.75, 3.05) is 5.33 Å². The molecule has 0 amide bonds. The highest BCUT2D eigenvalue weighted by Gasteiger charge is 2.08. The molecule has 1 aromatic carbocycles. The van der Waals surface area contributed by atoms with E-state index in [0.29, 0.717) is 12.6 Å². The van der Waals surface area contributed by atoms with Gasteiger partial charge in [0.25, 0.3) is 0 Å². The second-order valence-electron chi connectivity index (χ2n) is 3.68. The fourth-order valence-corrected chi connectivity index (χ4v) is 2.27. The zero-order valence-corrected chi connectivity index (χ0v) is 11.6. The quantitative estimate of drug-likeness (QED) is 0.779. The maximum atomic E-state index is 13.2. The summed E-state index contributed by atoms with van der Waals surface area (Å²) >= 11 is 9.29. The summed E-state index contributed by atoms with van der Waals surface area (Å²) in [6, 6.07) is 5.35. The third-order valence-corrected chi connectivity index (χ3v) is 3.44. The first-order valence-electron chi connectivity index (χ1n) is 5.41. The lowest BCUT2D eigenvalue weighted by atomic mass is 10.1. The van der Waals surface area contributed by atoms with Gasteiger partial charge in [-0.3, -0.25) is 0 Å². The summed E-state index contributed by atoms with van der Waals surface area (Å²) in [4.78, 5) is 0. The van der Waals surface area contributed by atoms with Gasteiger partial charge in [0.05, 0.1) is 5.02 Å². The second kappa shape index (κ2) is 7.25. The fourth-order valence-electron chi connectivity index (χ4n) is 1.52. The minimum absolute atomic E-state index is 0.226. The summed E-state index contributed by atoms with van der Waals surface area (Å²) < 4.78 is 13.2. The van der Waals surface area contributed by atoms with Crippen LogP contribution in [0.2, 0.25) is 5.02 Å². The van der Waals surface area contributed by atoms with Gasteiger partial charge < -0.3 is 5.32 Å². The molecule has 0 heterocycles.